The Balaban J connectivity index is 1.36. The van der Waals surface area contributed by atoms with Gasteiger partial charge in [0.05, 0.1) is 5.92 Å². The first-order valence-electron chi connectivity index (χ1n) is 15.3. The topological polar surface area (TPSA) is 52.1 Å². The number of benzene rings is 1. The fraction of sp³-hybridized carbons (Fsp3) is 0.667. The second-order valence-corrected chi connectivity index (χ2v) is 11.1. The number of carbonyl (C=O) groups excluding carboxylic acids is 1. The first-order chi connectivity index (χ1) is 18.2. The summed E-state index contributed by atoms with van der Waals surface area (Å²) in [5.74, 6) is 0.740. The van der Waals surface area contributed by atoms with E-state index in [0.717, 1.165) is 37.1 Å². The van der Waals surface area contributed by atoms with E-state index in [4.69, 9.17) is 4.74 Å². The normalized spacial score (nSPS) is 17.3. The third kappa shape index (κ3) is 11.0. The molecule has 0 aliphatic carbocycles. The van der Waals surface area contributed by atoms with E-state index in [0.29, 0.717) is 0 Å². The maximum atomic E-state index is 12.4. The van der Waals surface area contributed by atoms with E-state index in [1.165, 1.54) is 101 Å². The van der Waals surface area contributed by atoms with Crippen LogP contribution in [-0.2, 0) is 22.4 Å². The van der Waals surface area contributed by atoms with E-state index in [9.17, 15) is 4.79 Å². The highest BCUT2D eigenvalue weighted by Gasteiger charge is 2.33. The minimum atomic E-state index is -0.0181. The Morgan fingerprint density at radius 1 is 0.730 bits per heavy atom. The number of hydrogen-bond donors (Lipinski definition) is 0. The van der Waals surface area contributed by atoms with Gasteiger partial charge in [-0.25, -0.2) is 9.97 Å². The van der Waals surface area contributed by atoms with Gasteiger partial charge in [-0.05, 0) is 49.7 Å². The number of aryl methyl sites for hydroxylation is 1. The Morgan fingerprint density at radius 3 is 1.92 bits per heavy atom. The smallest absolute Gasteiger partial charge is 0.309 e. The van der Waals surface area contributed by atoms with Crippen LogP contribution in [0.4, 0.5) is 0 Å². The van der Waals surface area contributed by atoms with Crippen molar-refractivity contribution in [3.63, 3.8) is 0 Å². The fourth-order valence-electron chi connectivity index (χ4n) is 5.39. The second kappa shape index (κ2) is 17.3. The van der Waals surface area contributed by atoms with Gasteiger partial charge in [-0.1, -0.05) is 115 Å². The van der Waals surface area contributed by atoms with Crippen LogP contribution in [0.15, 0.2) is 36.7 Å². The second-order valence-electron chi connectivity index (χ2n) is 11.1. The van der Waals surface area contributed by atoms with Crippen LogP contribution in [0, 0.1) is 5.92 Å². The van der Waals surface area contributed by atoms with Crippen molar-refractivity contribution in [2.75, 3.05) is 0 Å². The zero-order chi connectivity index (χ0) is 26.1. The lowest BCUT2D eigenvalue weighted by molar-refractivity contribution is -0.144. The Morgan fingerprint density at radius 2 is 1.30 bits per heavy atom. The fourth-order valence-corrected chi connectivity index (χ4v) is 5.39. The van der Waals surface area contributed by atoms with Gasteiger partial charge < -0.3 is 4.74 Å². The molecular weight excluding hydrogens is 456 g/mol. The predicted octanol–water partition coefficient (Wildman–Crippen LogP) is 9.05. The molecule has 0 saturated carbocycles. The highest BCUT2D eigenvalue weighted by molar-refractivity contribution is 5.75. The largest absolute Gasteiger partial charge is 0.462 e. The highest BCUT2D eigenvalue weighted by atomic mass is 16.5. The van der Waals surface area contributed by atoms with Crippen LogP contribution in [0.25, 0.3) is 11.4 Å². The van der Waals surface area contributed by atoms with Crippen molar-refractivity contribution in [2.24, 2.45) is 5.92 Å². The lowest BCUT2D eigenvalue weighted by atomic mass is 9.94. The monoisotopic (exact) mass is 506 g/mol. The lowest BCUT2D eigenvalue weighted by Gasteiger charge is -2.08. The van der Waals surface area contributed by atoms with Crippen LogP contribution in [0.1, 0.15) is 128 Å². The van der Waals surface area contributed by atoms with Crippen LogP contribution >= 0.6 is 0 Å². The van der Waals surface area contributed by atoms with Gasteiger partial charge in [0.15, 0.2) is 5.82 Å². The number of cyclic esters (lactones) is 1. The average molecular weight is 507 g/mol. The van der Waals surface area contributed by atoms with E-state index in [1.54, 1.807) is 0 Å². The zero-order valence-electron chi connectivity index (χ0n) is 23.6. The summed E-state index contributed by atoms with van der Waals surface area (Å²) in [7, 11) is 0. The van der Waals surface area contributed by atoms with Crippen molar-refractivity contribution >= 4 is 5.97 Å². The third-order valence-electron chi connectivity index (χ3n) is 7.76. The van der Waals surface area contributed by atoms with Crippen LogP contribution in [0.5, 0.6) is 0 Å². The van der Waals surface area contributed by atoms with Gasteiger partial charge in [0.25, 0.3) is 0 Å². The average Bonchev–Trinajstić information content (AvgIpc) is 3.27. The zero-order valence-corrected chi connectivity index (χ0v) is 23.6. The van der Waals surface area contributed by atoms with Gasteiger partial charge in [0.1, 0.15) is 6.10 Å². The summed E-state index contributed by atoms with van der Waals surface area (Å²) in [5, 5.41) is 0. The standard InChI is InChI=1S/C33H50N2O2/c1-3-5-7-9-11-12-13-15-17-28-25-34-32(35-26-28)29-21-19-27(20-22-29)23-30-24-31(37-33(30)36)18-16-14-10-8-6-4-2/h19-22,25-26,30-31H,3-18,23-24H2,1-2H3. The van der Waals surface area contributed by atoms with Crippen molar-refractivity contribution in [2.45, 2.75) is 136 Å². The van der Waals surface area contributed by atoms with E-state index in [2.05, 4.69) is 48.1 Å². The molecule has 2 atom stereocenters. The molecule has 0 radical (unpaired) electrons. The highest BCUT2D eigenvalue weighted by Crippen LogP contribution is 2.29. The van der Waals surface area contributed by atoms with Crippen molar-refractivity contribution < 1.29 is 9.53 Å². The molecule has 204 valence electrons. The number of aromatic nitrogens is 2. The molecule has 1 saturated heterocycles. The maximum Gasteiger partial charge on any atom is 0.309 e. The molecule has 2 aromatic rings. The molecule has 0 N–H and O–H groups in total. The Kier molecular flexibility index (Phi) is 13.7. The minimum absolute atomic E-state index is 0.0113. The molecule has 37 heavy (non-hydrogen) atoms. The van der Waals surface area contributed by atoms with E-state index in [-0.39, 0.29) is 18.0 Å². The first-order valence-corrected chi connectivity index (χ1v) is 15.3. The number of hydrogen-bond acceptors (Lipinski definition) is 4. The number of esters is 1. The quantitative estimate of drug-likeness (QED) is 0.141. The summed E-state index contributed by atoms with van der Waals surface area (Å²) in [6, 6.07) is 8.39. The number of ether oxygens (including phenoxy) is 1. The summed E-state index contributed by atoms with van der Waals surface area (Å²) in [6.07, 6.45) is 26.1. The number of carbonyl (C=O) groups is 1. The molecular formula is C33H50N2O2. The Bertz CT molecular complexity index is 878. The van der Waals surface area contributed by atoms with Crippen LogP contribution in [-0.4, -0.2) is 22.0 Å². The van der Waals surface area contributed by atoms with Crippen molar-refractivity contribution in [1.82, 2.24) is 9.97 Å². The van der Waals surface area contributed by atoms with Crippen molar-refractivity contribution in [1.29, 1.82) is 0 Å². The minimum Gasteiger partial charge on any atom is -0.462 e. The number of rotatable bonds is 19. The van der Waals surface area contributed by atoms with Crippen molar-refractivity contribution in [3.8, 4) is 11.4 Å². The van der Waals surface area contributed by atoms with Gasteiger partial charge in [-0.15, -0.1) is 0 Å². The molecule has 1 aromatic carbocycles. The molecule has 0 spiro atoms. The molecule has 4 nitrogen and oxygen atoms in total. The molecule has 2 heterocycles. The molecule has 4 heteroatoms. The number of nitrogens with zero attached hydrogens (tertiary/aromatic N) is 2. The lowest BCUT2D eigenvalue weighted by Crippen LogP contribution is -2.10. The summed E-state index contributed by atoms with van der Waals surface area (Å²) in [4.78, 5) is 21.6. The van der Waals surface area contributed by atoms with Crippen molar-refractivity contribution in [3.05, 3.63) is 47.8 Å². The number of unbranched alkanes of at least 4 members (excludes halogenated alkanes) is 12. The molecule has 0 bridgehead atoms. The first kappa shape index (κ1) is 29.3. The SMILES string of the molecule is CCCCCCCCCCc1cnc(-c2ccc(CC3CC(CCCCCCCC)OC3=O)cc2)nc1. The molecule has 0 amide bonds. The van der Waals surface area contributed by atoms with Gasteiger partial charge in [-0.2, -0.15) is 0 Å². The molecule has 1 aliphatic rings. The molecule has 1 fully saturated rings. The molecule has 3 rings (SSSR count). The summed E-state index contributed by atoms with van der Waals surface area (Å²) in [6.45, 7) is 4.51. The molecule has 1 aromatic heterocycles. The van der Waals surface area contributed by atoms with Crippen LogP contribution < -0.4 is 0 Å². The van der Waals surface area contributed by atoms with Crippen LogP contribution in [0.2, 0.25) is 0 Å². The molecule has 2 unspecified atom stereocenters. The summed E-state index contributed by atoms with van der Waals surface area (Å²) >= 11 is 0. The maximum absolute atomic E-state index is 12.4. The Hall–Kier alpha value is -2.23. The van der Waals surface area contributed by atoms with E-state index < -0.39 is 0 Å². The molecule has 1 aliphatic heterocycles. The van der Waals surface area contributed by atoms with E-state index >= 15 is 0 Å². The van der Waals surface area contributed by atoms with E-state index in [1.807, 2.05) is 12.4 Å². The van der Waals surface area contributed by atoms with Gasteiger partial charge in [-0.3, -0.25) is 4.79 Å². The van der Waals surface area contributed by atoms with Crippen LogP contribution in [0.3, 0.4) is 0 Å². The third-order valence-corrected chi connectivity index (χ3v) is 7.76. The summed E-state index contributed by atoms with van der Waals surface area (Å²) < 4.78 is 5.68. The van der Waals surface area contributed by atoms with Gasteiger partial charge >= 0.3 is 5.97 Å². The van der Waals surface area contributed by atoms with Gasteiger partial charge in [0.2, 0.25) is 0 Å². The summed E-state index contributed by atoms with van der Waals surface area (Å²) in [5.41, 5.74) is 3.43. The Labute approximate surface area is 226 Å². The van der Waals surface area contributed by atoms with Gasteiger partial charge in [0, 0.05) is 18.0 Å². The predicted molar refractivity (Wildman–Crippen MR) is 153 cm³/mol.